The Morgan fingerprint density at radius 2 is 1.83 bits per heavy atom. The van der Waals surface area contributed by atoms with Gasteiger partial charge in [-0.15, -0.1) is 0 Å². The number of rotatable bonds is 6. The van der Waals surface area contributed by atoms with Crippen molar-refractivity contribution in [2.75, 3.05) is 20.2 Å². The Morgan fingerprint density at radius 3 is 2.47 bits per heavy atom. The van der Waals surface area contributed by atoms with E-state index in [1.54, 1.807) is 7.11 Å². The van der Waals surface area contributed by atoms with Gasteiger partial charge in [0.25, 0.3) is 0 Å². The highest BCUT2D eigenvalue weighted by Gasteiger charge is 2.26. The molecular weight excluding hydrogens is 464 g/mol. The fourth-order valence-corrected chi connectivity index (χ4v) is 4.18. The molecule has 0 atom stereocenters. The lowest BCUT2D eigenvalue weighted by atomic mass is 9.89. The second-order valence-corrected chi connectivity index (χ2v) is 8.70. The van der Waals surface area contributed by atoms with Crippen molar-refractivity contribution >= 4 is 33.9 Å². The molecule has 2 heterocycles. The van der Waals surface area contributed by atoms with Crippen LogP contribution in [-0.2, 0) is 6.67 Å². The number of carbonyl (C=O) groups excluding carboxylic acids is 1. The summed E-state index contributed by atoms with van der Waals surface area (Å²) >= 11 is 8.88. The molecule has 1 aliphatic heterocycles. The first-order chi connectivity index (χ1) is 14.5. The van der Waals surface area contributed by atoms with Gasteiger partial charge in [0.05, 0.1) is 13.8 Å². The van der Waals surface area contributed by atoms with Crippen LogP contribution in [-0.4, -0.2) is 45.6 Å². The van der Waals surface area contributed by atoms with Crippen LogP contribution in [0.4, 0.5) is 0 Å². The van der Waals surface area contributed by atoms with Crippen molar-refractivity contribution in [3.63, 3.8) is 0 Å². The monoisotopic (exact) mass is 486 g/mol. The number of carbonyl (C=O) groups is 1. The van der Waals surface area contributed by atoms with Gasteiger partial charge in [-0.25, -0.2) is 4.68 Å². The Morgan fingerprint density at radius 1 is 1.17 bits per heavy atom. The van der Waals surface area contributed by atoms with Gasteiger partial charge in [-0.1, -0.05) is 28.1 Å². The molecule has 8 heteroatoms. The quantitative estimate of drug-likeness (QED) is 0.395. The number of hydrogen-bond acceptors (Lipinski definition) is 5. The molecule has 3 aromatic rings. The zero-order chi connectivity index (χ0) is 21.1. The standard InChI is InChI=1S/C22H23BrN4O2S/c1-29-19-8-4-15(5-9-19)20(28)16-10-12-26(13-11-16)14-27-22(30)24-21(25-27)17-2-6-18(23)7-3-17/h2-9,16H,10-14H2,1H3,(H,24,25,30). The molecule has 2 aromatic carbocycles. The molecule has 0 unspecified atom stereocenters. The number of aromatic amines is 1. The molecule has 1 fully saturated rings. The minimum absolute atomic E-state index is 0.0581. The van der Waals surface area contributed by atoms with E-state index in [1.807, 2.05) is 53.2 Å². The number of aromatic nitrogens is 3. The number of benzene rings is 2. The molecule has 4 rings (SSSR count). The minimum Gasteiger partial charge on any atom is -0.497 e. The Bertz CT molecular complexity index is 1070. The molecule has 1 aromatic heterocycles. The first kappa shape index (κ1) is 21.0. The summed E-state index contributed by atoms with van der Waals surface area (Å²) in [4.78, 5) is 19.6. The van der Waals surface area contributed by atoms with E-state index in [1.165, 1.54) is 0 Å². The number of likely N-dealkylation sites (tertiary alicyclic amines) is 1. The summed E-state index contributed by atoms with van der Waals surface area (Å²) in [5.74, 6) is 1.80. The van der Waals surface area contributed by atoms with Gasteiger partial charge < -0.3 is 4.74 Å². The SMILES string of the molecule is COc1ccc(C(=O)C2CCN(Cn3[nH]c(-c4ccc(Br)cc4)nc3=S)CC2)cc1. The summed E-state index contributed by atoms with van der Waals surface area (Å²) < 4.78 is 8.61. The molecule has 6 nitrogen and oxygen atoms in total. The Labute approximate surface area is 189 Å². The van der Waals surface area contributed by atoms with Crippen LogP contribution < -0.4 is 4.74 Å². The normalized spacial score (nSPS) is 15.3. The van der Waals surface area contributed by atoms with E-state index in [0.29, 0.717) is 11.4 Å². The minimum atomic E-state index is 0.0581. The van der Waals surface area contributed by atoms with Crippen molar-refractivity contribution in [2.24, 2.45) is 5.92 Å². The van der Waals surface area contributed by atoms with Crippen LogP contribution in [0, 0.1) is 10.7 Å². The van der Waals surface area contributed by atoms with E-state index in [4.69, 9.17) is 17.0 Å². The van der Waals surface area contributed by atoms with Crippen LogP contribution in [0.1, 0.15) is 23.2 Å². The van der Waals surface area contributed by atoms with Crippen LogP contribution in [0.2, 0.25) is 0 Å². The second-order valence-electron chi connectivity index (χ2n) is 7.42. The van der Waals surface area contributed by atoms with Crippen LogP contribution in [0.25, 0.3) is 11.4 Å². The van der Waals surface area contributed by atoms with Crippen molar-refractivity contribution in [1.82, 2.24) is 19.7 Å². The second kappa shape index (κ2) is 9.24. The summed E-state index contributed by atoms with van der Waals surface area (Å²) in [5, 5.41) is 3.30. The lowest BCUT2D eigenvalue weighted by Crippen LogP contribution is -2.37. The topological polar surface area (TPSA) is 63.1 Å². The Hall–Kier alpha value is -2.29. The lowest BCUT2D eigenvalue weighted by molar-refractivity contribution is 0.0803. The highest BCUT2D eigenvalue weighted by molar-refractivity contribution is 9.10. The van der Waals surface area contributed by atoms with Gasteiger partial charge in [0.1, 0.15) is 5.75 Å². The highest BCUT2D eigenvalue weighted by Crippen LogP contribution is 2.24. The van der Waals surface area contributed by atoms with E-state index in [0.717, 1.165) is 53.1 Å². The molecule has 156 valence electrons. The maximum atomic E-state index is 12.8. The van der Waals surface area contributed by atoms with Gasteiger partial charge in [-0.3, -0.25) is 14.8 Å². The van der Waals surface area contributed by atoms with E-state index in [2.05, 4.69) is 30.9 Å². The van der Waals surface area contributed by atoms with Crippen molar-refractivity contribution in [3.8, 4) is 17.1 Å². The van der Waals surface area contributed by atoms with Gasteiger partial charge in [0.2, 0.25) is 4.77 Å². The van der Waals surface area contributed by atoms with Crippen LogP contribution >= 0.6 is 28.1 Å². The molecule has 0 bridgehead atoms. The summed E-state index contributed by atoms with van der Waals surface area (Å²) in [6, 6.07) is 15.3. The Kier molecular flexibility index (Phi) is 6.46. The number of nitrogens with zero attached hydrogens (tertiary/aromatic N) is 3. The van der Waals surface area contributed by atoms with Crippen molar-refractivity contribution in [3.05, 3.63) is 63.3 Å². The number of Topliss-reactive ketones (excluding diaryl/α,β-unsaturated/α-hetero) is 1. The molecule has 1 aliphatic rings. The maximum absolute atomic E-state index is 12.8. The third-order valence-corrected chi connectivity index (χ3v) is 6.31. The third kappa shape index (κ3) is 4.71. The van der Waals surface area contributed by atoms with Crippen molar-refractivity contribution in [1.29, 1.82) is 0 Å². The molecule has 30 heavy (non-hydrogen) atoms. The molecule has 0 spiro atoms. The van der Waals surface area contributed by atoms with E-state index >= 15 is 0 Å². The number of H-pyrrole nitrogens is 1. The molecule has 0 radical (unpaired) electrons. The van der Waals surface area contributed by atoms with Crippen LogP contribution in [0.15, 0.2) is 53.0 Å². The Balaban J connectivity index is 1.36. The highest BCUT2D eigenvalue weighted by atomic mass is 79.9. The van der Waals surface area contributed by atoms with Crippen LogP contribution in [0.5, 0.6) is 5.75 Å². The average molecular weight is 487 g/mol. The third-order valence-electron chi connectivity index (χ3n) is 5.47. The number of ketones is 1. The zero-order valence-corrected chi connectivity index (χ0v) is 19.1. The molecule has 1 saturated heterocycles. The molecular formula is C22H23BrN4O2S. The number of ether oxygens (including phenoxy) is 1. The van der Waals surface area contributed by atoms with Gasteiger partial charge in [0.15, 0.2) is 11.6 Å². The fourth-order valence-electron chi connectivity index (χ4n) is 3.72. The number of hydrogen-bond donors (Lipinski definition) is 1. The van der Waals surface area contributed by atoms with E-state index < -0.39 is 0 Å². The number of methoxy groups -OCH3 is 1. The predicted octanol–water partition coefficient (Wildman–Crippen LogP) is 4.93. The van der Waals surface area contributed by atoms with Gasteiger partial charge >= 0.3 is 0 Å². The van der Waals surface area contributed by atoms with Gasteiger partial charge in [0, 0.05) is 34.6 Å². The van der Waals surface area contributed by atoms with Crippen molar-refractivity contribution in [2.45, 2.75) is 19.5 Å². The summed E-state index contributed by atoms with van der Waals surface area (Å²) in [6.45, 7) is 2.34. The summed E-state index contributed by atoms with van der Waals surface area (Å²) in [5.41, 5.74) is 1.75. The van der Waals surface area contributed by atoms with E-state index in [9.17, 15) is 4.79 Å². The largest absolute Gasteiger partial charge is 0.497 e. The molecule has 0 saturated carbocycles. The molecule has 1 N–H and O–H groups in total. The smallest absolute Gasteiger partial charge is 0.217 e. The van der Waals surface area contributed by atoms with Gasteiger partial charge in [-0.05, 0) is 61.5 Å². The molecule has 0 aliphatic carbocycles. The van der Waals surface area contributed by atoms with E-state index in [-0.39, 0.29) is 11.7 Å². The summed E-state index contributed by atoms with van der Waals surface area (Å²) in [7, 11) is 1.63. The van der Waals surface area contributed by atoms with Crippen LogP contribution in [0.3, 0.4) is 0 Å². The first-order valence-electron chi connectivity index (χ1n) is 9.87. The maximum Gasteiger partial charge on any atom is 0.217 e. The predicted molar refractivity (Wildman–Crippen MR) is 122 cm³/mol. The number of piperidine rings is 1. The lowest BCUT2D eigenvalue weighted by Gasteiger charge is -2.31. The molecule has 0 amide bonds. The average Bonchev–Trinajstić information content (AvgIpc) is 3.14. The summed E-state index contributed by atoms with van der Waals surface area (Å²) in [6.07, 6.45) is 1.68. The van der Waals surface area contributed by atoms with Crippen molar-refractivity contribution < 1.29 is 9.53 Å². The first-order valence-corrected chi connectivity index (χ1v) is 11.1. The number of nitrogens with one attached hydrogen (secondary N) is 1. The fraction of sp³-hybridized carbons (Fsp3) is 0.318. The van der Waals surface area contributed by atoms with Gasteiger partial charge in [-0.2, -0.15) is 4.98 Å². The number of halogens is 1. The zero-order valence-electron chi connectivity index (χ0n) is 16.7.